The number of aromatic nitrogens is 2. The first-order chi connectivity index (χ1) is 11.8. The Hall–Kier alpha value is -2.70. The number of anilines is 1. The molecule has 0 spiro atoms. The first kappa shape index (κ1) is 17.1. The molecule has 7 heteroatoms. The number of nitrogens with zero attached hydrogens (tertiary/aromatic N) is 2. The van der Waals surface area contributed by atoms with Crippen molar-refractivity contribution in [3.05, 3.63) is 48.0 Å². The fraction of sp³-hybridized carbons (Fsp3) is 0.389. The molecule has 3 rings (SSSR count). The van der Waals surface area contributed by atoms with Crippen LogP contribution in [-0.2, 0) is 20.5 Å². The second kappa shape index (κ2) is 5.98. The van der Waals surface area contributed by atoms with E-state index >= 15 is 0 Å². The normalized spacial score (nSPS) is 16.1. The van der Waals surface area contributed by atoms with E-state index in [9.17, 15) is 19.1 Å². The molecule has 1 aliphatic carbocycles. The van der Waals surface area contributed by atoms with Crippen LogP contribution in [0.3, 0.4) is 0 Å². The van der Waals surface area contributed by atoms with Gasteiger partial charge in [0, 0.05) is 6.20 Å². The first-order valence-corrected chi connectivity index (χ1v) is 8.12. The van der Waals surface area contributed by atoms with Gasteiger partial charge in [-0.15, -0.1) is 0 Å². The second-order valence-electron chi connectivity index (χ2n) is 6.94. The Labute approximate surface area is 144 Å². The Bertz CT molecular complexity index is 824. The third-order valence-electron chi connectivity index (χ3n) is 4.96. The van der Waals surface area contributed by atoms with Gasteiger partial charge in [0.1, 0.15) is 5.82 Å². The maximum Gasteiger partial charge on any atom is 0.331 e. The van der Waals surface area contributed by atoms with Crippen LogP contribution in [0, 0.1) is 5.82 Å². The molecule has 0 unspecified atom stereocenters. The van der Waals surface area contributed by atoms with E-state index in [1.54, 1.807) is 12.1 Å². The highest BCUT2D eigenvalue weighted by Crippen LogP contribution is 2.44. The lowest BCUT2D eigenvalue weighted by Gasteiger charge is -2.40. The number of nitrogens with one attached hydrogen (secondary N) is 1. The predicted octanol–water partition coefficient (Wildman–Crippen LogP) is 2.90. The number of carboxylic acids is 1. The van der Waals surface area contributed by atoms with Crippen LogP contribution in [0.1, 0.15) is 38.7 Å². The van der Waals surface area contributed by atoms with E-state index in [4.69, 9.17) is 0 Å². The van der Waals surface area contributed by atoms with Crippen molar-refractivity contribution in [2.45, 2.75) is 44.1 Å². The summed E-state index contributed by atoms with van der Waals surface area (Å²) in [5.74, 6) is -1.62. The summed E-state index contributed by atoms with van der Waals surface area (Å²) in [7, 11) is 0. The van der Waals surface area contributed by atoms with Crippen molar-refractivity contribution in [1.29, 1.82) is 0 Å². The summed E-state index contributed by atoms with van der Waals surface area (Å²) in [5.41, 5.74) is -0.886. The lowest BCUT2D eigenvalue weighted by Crippen LogP contribution is -2.46. The SMILES string of the molecule is CC(C)(C(=O)O)n1cc(NC(=O)C2(c3cccc(F)c3)CCC2)cn1. The number of amides is 1. The van der Waals surface area contributed by atoms with Crippen molar-refractivity contribution >= 4 is 17.6 Å². The molecule has 2 aromatic rings. The molecule has 1 aromatic heterocycles. The smallest absolute Gasteiger partial charge is 0.331 e. The molecule has 25 heavy (non-hydrogen) atoms. The fourth-order valence-electron chi connectivity index (χ4n) is 3.01. The maximum absolute atomic E-state index is 13.6. The molecule has 0 bridgehead atoms. The molecule has 1 fully saturated rings. The number of hydrogen-bond donors (Lipinski definition) is 2. The van der Waals surface area contributed by atoms with Gasteiger partial charge in [-0.05, 0) is 44.4 Å². The first-order valence-electron chi connectivity index (χ1n) is 8.12. The minimum atomic E-state index is -1.22. The van der Waals surface area contributed by atoms with Gasteiger partial charge in [-0.1, -0.05) is 18.6 Å². The molecule has 2 N–H and O–H groups in total. The van der Waals surface area contributed by atoms with Crippen molar-refractivity contribution in [1.82, 2.24) is 9.78 Å². The van der Waals surface area contributed by atoms with Gasteiger partial charge in [-0.25, -0.2) is 9.18 Å². The number of carbonyl (C=O) groups is 2. The third-order valence-corrected chi connectivity index (χ3v) is 4.96. The molecule has 1 amide bonds. The summed E-state index contributed by atoms with van der Waals surface area (Å²) >= 11 is 0. The Balaban J connectivity index is 1.82. The lowest BCUT2D eigenvalue weighted by atomic mass is 9.63. The van der Waals surface area contributed by atoms with Crippen LogP contribution < -0.4 is 5.32 Å². The van der Waals surface area contributed by atoms with Gasteiger partial charge in [-0.3, -0.25) is 9.48 Å². The molecule has 0 saturated heterocycles. The van der Waals surface area contributed by atoms with Crippen molar-refractivity contribution in [3.63, 3.8) is 0 Å². The number of hydrogen-bond acceptors (Lipinski definition) is 3. The third kappa shape index (κ3) is 2.90. The quantitative estimate of drug-likeness (QED) is 0.873. The summed E-state index contributed by atoms with van der Waals surface area (Å²) in [4.78, 5) is 24.1. The lowest BCUT2D eigenvalue weighted by molar-refractivity contribution is -0.146. The number of benzene rings is 1. The van der Waals surface area contributed by atoms with Crippen molar-refractivity contribution < 1.29 is 19.1 Å². The minimum absolute atomic E-state index is 0.225. The average molecular weight is 345 g/mol. The minimum Gasteiger partial charge on any atom is -0.479 e. The van der Waals surface area contributed by atoms with Gasteiger partial charge in [0.15, 0.2) is 5.54 Å². The highest BCUT2D eigenvalue weighted by atomic mass is 19.1. The predicted molar refractivity (Wildman–Crippen MR) is 89.7 cm³/mol. The van der Waals surface area contributed by atoms with E-state index in [1.165, 1.54) is 43.1 Å². The zero-order valence-corrected chi connectivity index (χ0v) is 14.1. The highest BCUT2D eigenvalue weighted by Gasteiger charge is 2.46. The highest BCUT2D eigenvalue weighted by molar-refractivity contribution is 5.99. The van der Waals surface area contributed by atoms with Crippen molar-refractivity contribution in [3.8, 4) is 0 Å². The van der Waals surface area contributed by atoms with Gasteiger partial charge >= 0.3 is 5.97 Å². The molecule has 0 aliphatic heterocycles. The number of aliphatic carboxylic acids is 1. The van der Waals surface area contributed by atoms with E-state index in [0.29, 0.717) is 24.1 Å². The van der Waals surface area contributed by atoms with Crippen molar-refractivity contribution in [2.24, 2.45) is 0 Å². The summed E-state index contributed by atoms with van der Waals surface area (Å²) in [6.45, 7) is 3.04. The van der Waals surface area contributed by atoms with E-state index in [2.05, 4.69) is 10.4 Å². The van der Waals surface area contributed by atoms with Gasteiger partial charge < -0.3 is 10.4 Å². The number of carbonyl (C=O) groups excluding carboxylic acids is 1. The molecule has 1 saturated carbocycles. The average Bonchev–Trinajstić information content (AvgIpc) is 2.95. The summed E-state index contributed by atoms with van der Waals surface area (Å²) in [6.07, 6.45) is 5.10. The molecule has 1 heterocycles. The standard InChI is InChI=1S/C18H20FN3O3/c1-17(2,16(24)25)22-11-14(10-20-22)21-15(23)18(7-4-8-18)12-5-3-6-13(19)9-12/h3,5-6,9-11H,4,7-8H2,1-2H3,(H,21,23)(H,24,25). The van der Waals surface area contributed by atoms with Crippen LogP contribution in [0.4, 0.5) is 10.1 Å². The van der Waals surface area contributed by atoms with E-state index in [0.717, 1.165) is 6.42 Å². The zero-order chi connectivity index (χ0) is 18.2. The van der Waals surface area contributed by atoms with Crippen LogP contribution in [-0.4, -0.2) is 26.8 Å². The Morgan fingerprint density at radius 1 is 1.36 bits per heavy atom. The Morgan fingerprint density at radius 2 is 2.08 bits per heavy atom. The van der Waals surface area contributed by atoms with Gasteiger partial charge in [0.25, 0.3) is 0 Å². The summed E-state index contributed by atoms with van der Waals surface area (Å²) in [5, 5.41) is 16.1. The van der Waals surface area contributed by atoms with Crippen LogP contribution in [0.5, 0.6) is 0 Å². The van der Waals surface area contributed by atoms with E-state index in [-0.39, 0.29) is 11.7 Å². The summed E-state index contributed by atoms with van der Waals surface area (Å²) in [6, 6.07) is 6.12. The molecule has 132 valence electrons. The molecule has 0 atom stereocenters. The number of rotatable bonds is 5. The second-order valence-corrected chi connectivity index (χ2v) is 6.94. The Kier molecular flexibility index (Phi) is 4.10. The summed E-state index contributed by atoms with van der Waals surface area (Å²) < 4.78 is 14.9. The van der Waals surface area contributed by atoms with Crippen LogP contribution in [0.15, 0.2) is 36.7 Å². The molecule has 1 aromatic carbocycles. The van der Waals surface area contributed by atoms with Gasteiger partial charge in [0.05, 0.1) is 17.3 Å². The Morgan fingerprint density at radius 3 is 2.64 bits per heavy atom. The topological polar surface area (TPSA) is 84.2 Å². The van der Waals surface area contributed by atoms with Gasteiger partial charge in [0.2, 0.25) is 5.91 Å². The monoisotopic (exact) mass is 345 g/mol. The molecular formula is C18H20FN3O3. The van der Waals surface area contributed by atoms with Crippen molar-refractivity contribution in [2.75, 3.05) is 5.32 Å². The van der Waals surface area contributed by atoms with E-state index in [1.807, 2.05) is 0 Å². The fourth-order valence-corrected chi connectivity index (χ4v) is 3.01. The molecule has 6 nitrogen and oxygen atoms in total. The molecular weight excluding hydrogens is 325 g/mol. The van der Waals surface area contributed by atoms with Gasteiger partial charge in [-0.2, -0.15) is 5.10 Å². The largest absolute Gasteiger partial charge is 0.479 e. The maximum atomic E-state index is 13.6. The van der Waals surface area contributed by atoms with Crippen LogP contribution in [0.25, 0.3) is 0 Å². The van der Waals surface area contributed by atoms with Crippen LogP contribution in [0.2, 0.25) is 0 Å². The van der Waals surface area contributed by atoms with E-state index < -0.39 is 16.9 Å². The molecule has 0 radical (unpaired) electrons. The number of halogens is 1. The zero-order valence-electron chi connectivity index (χ0n) is 14.1. The van der Waals surface area contributed by atoms with Crippen LogP contribution >= 0.6 is 0 Å². The molecule has 1 aliphatic rings. The number of carboxylic acid groups (broad SMARTS) is 1.